The Hall–Kier alpha value is -1.79. The summed E-state index contributed by atoms with van der Waals surface area (Å²) in [4.78, 5) is 18.6. The molecule has 2 heterocycles. The van der Waals surface area contributed by atoms with Gasteiger partial charge in [0.05, 0.1) is 5.02 Å². The van der Waals surface area contributed by atoms with Crippen LogP contribution >= 0.6 is 23.2 Å². The third kappa shape index (κ3) is 3.82. The highest BCUT2D eigenvalue weighted by atomic mass is 35.5. The third-order valence-electron chi connectivity index (χ3n) is 3.90. The molecule has 1 aliphatic heterocycles. The van der Waals surface area contributed by atoms with E-state index in [1.54, 1.807) is 30.0 Å². The number of piperidine rings is 1. The molecule has 1 aliphatic rings. The number of nitrogens with zero attached hydrogens (tertiary/aromatic N) is 3. The van der Waals surface area contributed by atoms with E-state index in [-0.39, 0.29) is 18.6 Å². The smallest absolute Gasteiger partial charge is 0.261 e. The predicted molar refractivity (Wildman–Crippen MR) is 89.3 cm³/mol. The number of aryl methyl sites for hydroxylation is 1. The topological polar surface area (TPSA) is 68.5 Å². The van der Waals surface area contributed by atoms with E-state index < -0.39 is 0 Å². The zero-order valence-electron chi connectivity index (χ0n) is 13.2. The highest BCUT2D eigenvalue weighted by Gasteiger charge is 2.32. The van der Waals surface area contributed by atoms with Crippen LogP contribution in [0.3, 0.4) is 0 Å². The normalized spacial score (nSPS) is 17.8. The molecule has 1 fully saturated rings. The lowest BCUT2D eigenvalue weighted by Crippen LogP contribution is -2.41. The van der Waals surface area contributed by atoms with Gasteiger partial charge in [0.2, 0.25) is 5.89 Å². The van der Waals surface area contributed by atoms with E-state index >= 15 is 0 Å². The number of carbonyl (C=O) groups is 1. The van der Waals surface area contributed by atoms with E-state index in [1.165, 1.54) is 0 Å². The molecule has 1 aromatic carbocycles. The molecule has 0 aliphatic carbocycles. The number of ether oxygens (including phenoxy) is 1. The fourth-order valence-corrected chi connectivity index (χ4v) is 3.21. The highest BCUT2D eigenvalue weighted by molar-refractivity contribution is 6.35. The van der Waals surface area contributed by atoms with Crippen LogP contribution in [0.25, 0.3) is 0 Å². The number of rotatable bonds is 4. The Bertz CT molecular complexity index is 735. The van der Waals surface area contributed by atoms with Crippen molar-refractivity contribution < 1.29 is 14.1 Å². The quantitative estimate of drug-likeness (QED) is 0.819. The number of likely N-dealkylation sites (tertiary alicyclic amines) is 1. The number of hydrogen-bond acceptors (Lipinski definition) is 5. The van der Waals surface area contributed by atoms with Crippen LogP contribution in [-0.4, -0.2) is 34.1 Å². The molecule has 8 heteroatoms. The first-order valence-corrected chi connectivity index (χ1v) is 8.47. The van der Waals surface area contributed by atoms with Crippen LogP contribution in [0.1, 0.15) is 37.0 Å². The Morgan fingerprint density at radius 1 is 1.42 bits per heavy atom. The van der Waals surface area contributed by atoms with Crippen molar-refractivity contribution in [2.24, 2.45) is 0 Å². The summed E-state index contributed by atoms with van der Waals surface area (Å²) in [5.41, 5.74) is 0. The zero-order valence-corrected chi connectivity index (χ0v) is 14.7. The molecule has 2 aromatic rings. The van der Waals surface area contributed by atoms with E-state index in [1.807, 2.05) is 0 Å². The average Bonchev–Trinajstić information content (AvgIpc) is 3.00. The standard InChI is InChI=1S/C16H17Cl2N3O3/c1-10-19-16(24-20-10)13-4-2-3-7-21(13)15(22)9-23-14-6-5-11(17)8-12(14)18/h5-6,8,13H,2-4,7,9H2,1H3. The molecule has 128 valence electrons. The van der Waals surface area contributed by atoms with Crippen LogP contribution in [-0.2, 0) is 4.79 Å². The lowest BCUT2D eigenvalue weighted by atomic mass is 10.0. The number of benzene rings is 1. The van der Waals surface area contributed by atoms with Crippen molar-refractivity contribution in [2.75, 3.05) is 13.2 Å². The van der Waals surface area contributed by atoms with Crippen LogP contribution in [0.5, 0.6) is 5.75 Å². The van der Waals surface area contributed by atoms with Crippen LogP contribution in [0, 0.1) is 6.92 Å². The Morgan fingerprint density at radius 3 is 2.96 bits per heavy atom. The number of aromatic nitrogens is 2. The van der Waals surface area contributed by atoms with Gasteiger partial charge in [-0.3, -0.25) is 4.79 Å². The third-order valence-corrected chi connectivity index (χ3v) is 4.43. The number of halogens is 2. The maximum absolute atomic E-state index is 12.6. The van der Waals surface area contributed by atoms with E-state index in [0.29, 0.717) is 34.1 Å². The van der Waals surface area contributed by atoms with Gasteiger partial charge in [-0.1, -0.05) is 28.4 Å². The fourth-order valence-electron chi connectivity index (χ4n) is 2.75. The Kier molecular flexibility index (Phi) is 5.26. The Balaban J connectivity index is 1.68. The van der Waals surface area contributed by atoms with Crippen LogP contribution in [0.2, 0.25) is 10.0 Å². The summed E-state index contributed by atoms with van der Waals surface area (Å²) in [6, 6.07) is 4.69. The second-order valence-corrected chi connectivity index (χ2v) is 6.49. The van der Waals surface area contributed by atoms with Gasteiger partial charge in [-0.25, -0.2) is 0 Å². The summed E-state index contributed by atoms with van der Waals surface area (Å²) in [5, 5.41) is 4.70. The van der Waals surface area contributed by atoms with Crippen molar-refractivity contribution in [2.45, 2.75) is 32.2 Å². The van der Waals surface area contributed by atoms with E-state index in [4.69, 9.17) is 32.5 Å². The highest BCUT2D eigenvalue weighted by Crippen LogP contribution is 2.31. The van der Waals surface area contributed by atoms with Gasteiger partial charge in [-0.05, 0) is 44.4 Å². The summed E-state index contributed by atoms with van der Waals surface area (Å²) in [5.74, 6) is 1.33. The van der Waals surface area contributed by atoms with Gasteiger partial charge in [0.15, 0.2) is 12.4 Å². The molecular weight excluding hydrogens is 353 g/mol. The van der Waals surface area contributed by atoms with Gasteiger partial charge in [0.1, 0.15) is 11.8 Å². The molecule has 0 saturated carbocycles. The van der Waals surface area contributed by atoms with Gasteiger partial charge >= 0.3 is 0 Å². The monoisotopic (exact) mass is 369 g/mol. The lowest BCUT2D eigenvalue weighted by Gasteiger charge is -2.33. The summed E-state index contributed by atoms with van der Waals surface area (Å²) < 4.78 is 10.8. The fraction of sp³-hybridized carbons (Fsp3) is 0.438. The molecule has 6 nitrogen and oxygen atoms in total. The molecule has 0 N–H and O–H groups in total. The van der Waals surface area contributed by atoms with Crippen LogP contribution < -0.4 is 4.74 Å². The molecule has 1 atom stereocenters. The van der Waals surface area contributed by atoms with Gasteiger partial charge in [-0.15, -0.1) is 0 Å². The van der Waals surface area contributed by atoms with Crippen LogP contribution in [0.4, 0.5) is 0 Å². The lowest BCUT2D eigenvalue weighted by molar-refractivity contribution is -0.138. The summed E-state index contributed by atoms with van der Waals surface area (Å²) >= 11 is 11.9. The molecule has 0 radical (unpaired) electrons. The number of carbonyl (C=O) groups excluding carboxylic acids is 1. The molecular formula is C16H17Cl2N3O3. The van der Waals surface area contributed by atoms with Crippen molar-refractivity contribution in [1.29, 1.82) is 0 Å². The molecule has 1 unspecified atom stereocenters. The van der Waals surface area contributed by atoms with E-state index in [2.05, 4.69) is 10.1 Å². The Morgan fingerprint density at radius 2 is 2.25 bits per heavy atom. The van der Waals surface area contributed by atoms with Crippen molar-refractivity contribution in [1.82, 2.24) is 15.0 Å². The molecule has 1 saturated heterocycles. The first kappa shape index (κ1) is 17.0. The van der Waals surface area contributed by atoms with Crippen LogP contribution in [0.15, 0.2) is 22.7 Å². The van der Waals surface area contributed by atoms with Crippen molar-refractivity contribution >= 4 is 29.1 Å². The van der Waals surface area contributed by atoms with E-state index in [0.717, 1.165) is 19.3 Å². The molecule has 0 spiro atoms. The molecule has 0 bridgehead atoms. The summed E-state index contributed by atoms with van der Waals surface area (Å²) in [6.07, 6.45) is 2.76. The minimum Gasteiger partial charge on any atom is -0.482 e. The minimum absolute atomic E-state index is 0.106. The first-order chi connectivity index (χ1) is 11.5. The largest absolute Gasteiger partial charge is 0.482 e. The molecule has 3 rings (SSSR count). The number of hydrogen-bond donors (Lipinski definition) is 0. The minimum atomic E-state index is -0.197. The van der Waals surface area contributed by atoms with Gasteiger partial charge in [0.25, 0.3) is 5.91 Å². The van der Waals surface area contributed by atoms with Crippen molar-refractivity contribution in [3.63, 3.8) is 0 Å². The summed E-state index contributed by atoms with van der Waals surface area (Å²) in [7, 11) is 0. The van der Waals surface area contributed by atoms with Gasteiger partial charge in [-0.2, -0.15) is 4.98 Å². The maximum atomic E-state index is 12.6. The van der Waals surface area contributed by atoms with Gasteiger partial charge < -0.3 is 14.2 Å². The second-order valence-electron chi connectivity index (χ2n) is 5.64. The maximum Gasteiger partial charge on any atom is 0.261 e. The SMILES string of the molecule is Cc1noc(C2CCCCN2C(=O)COc2ccc(Cl)cc2Cl)n1. The Labute approximate surface area is 149 Å². The first-order valence-electron chi connectivity index (χ1n) is 7.72. The molecule has 1 aromatic heterocycles. The number of amides is 1. The molecule has 24 heavy (non-hydrogen) atoms. The van der Waals surface area contributed by atoms with Gasteiger partial charge in [0, 0.05) is 11.6 Å². The summed E-state index contributed by atoms with van der Waals surface area (Å²) in [6.45, 7) is 2.29. The average molecular weight is 370 g/mol. The zero-order chi connectivity index (χ0) is 17.1. The van der Waals surface area contributed by atoms with Crippen molar-refractivity contribution in [3.8, 4) is 5.75 Å². The second kappa shape index (κ2) is 7.40. The van der Waals surface area contributed by atoms with Crippen molar-refractivity contribution in [3.05, 3.63) is 40.0 Å². The predicted octanol–water partition coefficient (Wildman–Crippen LogP) is 3.82. The molecule has 1 amide bonds. The van der Waals surface area contributed by atoms with E-state index in [9.17, 15) is 4.79 Å².